The van der Waals surface area contributed by atoms with Crippen molar-refractivity contribution in [2.45, 2.75) is 38.6 Å². The number of carbonyl (C=O) groups excluding carboxylic acids is 1. The van der Waals surface area contributed by atoms with Gasteiger partial charge >= 0.3 is 0 Å². The smallest absolute Gasteiger partial charge is 0.274 e. The van der Waals surface area contributed by atoms with Crippen molar-refractivity contribution in [1.82, 2.24) is 9.97 Å². The van der Waals surface area contributed by atoms with E-state index in [4.69, 9.17) is 10.2 Å². The van der Waals surface area contributed by atoms with Crippen LogP contribution in [0.4, 0.5) is 11.4 Å². The standard InChI is InChI=1S/C23H27N5O2/c1-13-7-16(24)12-28(11-13)20-5-6-25-10-19(20)26-22(29)18-4-3-15-9-21(17-8-14(17)2)30-23(15)27-18/h3-6,9-10,13-14,16-17H,7-8,11-12,24H2,1-2H3,(H,26,29)/t13-,14-,16+,17+/m1/s1. The van der Waals surface area contributed by atoms with Crippen LogP contribution in [-0.4, -0.2) is 35.0 Å². The maximum atomic E-state index is 12.9. The maximum Gasteiger partial charge on any atom is 0.274 e. The number of carbonyl (C=O) groups is 1. The molecule has 0 bridgehead atoms. The predicted octanol–water partition coefficient (Wildman–Crippen LogP) is 3.77. The lowest BCUT2D eigenvalue weighted by molar-refractivity contribution is 0.102. The summed E-state index contributed by atoms with van der Waals surface area (Å²) < 4.78 is 5.92. The van der Waals surface area contributed by atoms with Crippen LogP contribution in [0, 0.1) is 11.8 Å². The molecule has 2 fully saturated rings. The van der Waals surface area contributed by atoms with Gasteiger partial charge in [-0.15, -0.1) is 0 Å². The second-order valence-electron chi connectivity index (χ2n) is 8.91. The zero-order valence-corrected chi connectivity index (χ0v) is 17.3. The number of amides is 1. The summed E-state index contributed by atoms with van der Waals surface area (Å²) in [4.78, 5) is 23.8. The van der Waals surface area contributed by atoms with Gasteiger partial charge in [-0.05, 0) is 48.9 Å². The normalized spacial score (nSPS) is 26.0. The lowest BCUT2D eigenvalue weighted by Gasteiger charge is -2.37. The van der Waals surface area contributed by atoms with E-state index < -0.39 is 0 Å². The lowest BCUT2D eigenvalue weighted by atomic mass is 9.96. The van der Waals surface area contributed by atoms with E-state index in [9.17, 15) is 4.79 Å². The van der Waals surface area contributed by atoms with Crippen molar-refractivity contribution in [2.24, 2.45) is 17.6 Å². The molecule has 1 aliphatic heterocycles. The number of hydrogen-bond donors (Lipinski definition) is 2. The Balaban J connectivity index is 1.38. The SMILES string of the molecule is C[C@@H]1C[C@H](N)CN(c2ccncc2NC(=O)c2ccc3cc([C@H]4C[C@H]4C)oc3n2)C1. The Labute approximate surface area is 175 Å². The molecule has 2 aliphatic rings. The van der Waals surface area contributed by atoms with Gasteiger partial charge in [0.15, 0.2) is 0 Å². The highest BCUT2D eigenvalue weighted by Gasteiger charge is 2.37. The topological polar surface area (TPSA) is 97.3 Å². The fourth-order valence-electron chi connectivity index (χ4n) is 4.51. The summed E-state index contributed by atoms with van der Waals surface area (Å²) in [5.74, 6) is 2.32. The average molecular weight is 406 g/mol. The highest BCUT2D eigenvalue weighted by Crippen LogP contribution is 2.48. The first kappa shape index (κ1) is 19.1. The average Bonchev–Trinajstić information content (AvgIpc) is 3.29. The molecule has 4 heterocycles. The Bertz CT molecular complexity index is 1080. The number of anilines is 2. The van der Waals surface area contributed by atoms with Crippen molar-refractivity contribution in [3.05, 3.63) is 48.1 Å². The quantitative estimate of drug-likeness (QED) is 0.686. The second kappa shape index (κ2) is 7.40. The predicted molar refractivity (Wildman–Crippen MR) is 117 cm³/mol. The van der Waals surface area contributed by atoms with Gasteiger partial charge in [-0.3, -0.25) is 9.78 Å². The van der Waals surface area contributed by atoms with E-state index in [1.54, 1.807) is 18.5 Å². The van der Waals surface area contributed by atoms with E-state index in [2.05, 4.69) is 34.0 Å². The van der Waals surface area contributed by atoms with E-state index in [0.717, 1.165) is 42.8 Å². The molecule has 0 aromatic carbocycles. The van der Waals surface area contributed by atoms with Crippen molar-refractivity contribution in [1.29, 1.82) is 0 Å². The molecule has 3 aromatic rings. The molecule has 0 unspecified atom stereocenters. The summed E-state index contributed by atoms with van der Waals surface area (Å²) in [5.41, 5.74) is 8.66. The molecule has 4 atom stereocenters. The minimum atomic E-state index is -0.279. The summed E-state index contributed by atoms with van der Waals surface area (Å²) in [6.07, 6.45) is 5.58. The van der Waals surface area contributed by atoms with Crippen LogP contribution in [0.5, 0.6) is 0 Å². The van der Waals surface area contributed by atoms with Crippen LogP contribution >= 0.6 is 0 Å². The molecule has 7 nitrogen and oxygen atoms in total. The van der Waals surface area contributed by atoms with Gasteiger partial charge in [0, 0.05) is 36.6 Å². The highest BCUT2D eigenvalue weighted by molar-refractivity contribution is 6.05. The van der Waals surface area contributed by atoms with Gasteiger partial charge in [0.1, 0.15) is 11.5 Å². The van der Waals surface area contributed by atoms with Crippen LogP contribution < -0.4 is 16.0 Å². The van der Waals surface area contributed by atoms with Crippen molar-refractivity contribution < 1.29 is 9.21 Å². The molecule has 0 spiro atoms. The molecular weight excluding hydrogens is 378 g/mol. The summed E-state index contributed by atoms with van der Waals surface area (Å²) in [6, 6.07) is 7.72. The third kappa shape index (κ3) is 3.65. The first-order valence-corrected chi connectivity index (χ1v) is 10.6. The van der Waals surface area contributed by atoms with Gasteiger partial charge in [0.25, 0.3) is 5.91 Å². The van der Waals surface area contributed by atoms with Crippen molar-refractivity contribution in [2.75, 3.05) is 23.3 Å². The Kier molecular flexibility index (Phi) is 4.70. The van der Waals surface area contributed by atoms with Gasteiger partial charge in [0.05, 0.1) is 17.6 Å². The van der Waals surface area contributed by atoms with E-state index in [0.29, 0.717) is 34.8 Å². The Morgan fingerprint density at radius 1 is 1.23 bits per heavy atom. The van der Waals surface area contributed by atoms with Crippen LogP contribution in [0.25, 0.3) is 11.1 Å². The van der Waals surface area contributed by atoms with Gasteiger partial charge in [-0.1, -0.05) is 13.8 Å². The zero-order chi connectivity index (χ0) is 20.8. The number of furan rings is 1. The van der Waals surface area contributed by atoms with E-state index in [1.807, 2.05) is 18.2 Å². The van der Waals surface area contributed by atoms with Crippen LogP contribution in [0.2, 0.25) is 0 Å². The number of fused-ring (bicyclic) bond motifs is 1. The van der Waals surface area contributed by atoms with Crippen LogP contribution in [0.15, 0.2) is 41.1 Å². The first-order chi connectivity index (χ1) is 14.5. The Morgan fingerprint density at radius 2 is 2.07 bits per heavy atom. The van der Waals surface area contributed by atoms with Crippen molar-refractivity contribution in [3.8, 4) is 0 Å². The number of piperidine rings is 1. The third-order valence-electron chi connectivity index (χ3n) is 6.19. The first-order valence-electron chi connectivity index (χ1n) is 10.6. The number of nitrogens with one attached hydrogen (secondary N) is 1. The molecule has 1 aliphatic carbocycles. The Morgan fingerprint density at radius 3 is 2.83 bits per heavy atom. The number of rotatable bonds is 4. The molecule has 3 N–H and O–H groups in total. The zero-order valence-electron chi connectivity index (χ0n) is 17.3. The molecule has 156 valence electrons. The summed E-state index contributed by atoms with van der Waals surface area (Å²) in [5, 5.41) is 3.91. The van der Waals surface area contributed by atoms with Crippen LogP contribution in [0.1, 0.15) is 48.9 Å². The molecule has 3 aromatic heterocycles. The summed E-state index contributed by atoms with van der Waals surface area (Å²) in [7, 11) is 0. The minimum absolute atomic E-state index is 0.122. The lowest BCUT2D eigenvalue weighted by Crippen LogP contribution is -2.46. The molecule has 5 rings (SSSR count). The molecule has 30 heavy (non-hydrogen) atoms. The summed E-state index contributed by atoms with van der Waals surface area (Å²) in [6.45, 7) is 6.08. The van der Waals surface area contributed by atoms with Gasteiger partial charge < -0.3 is 20.4 Å². The molecule has 1 amide bonds. The van der Waals surface area contributed by atoms with E-state index in [-0.39, 0.29) is 11.9 Å². The third-order valence-corrected chi connectivity index (χ3v) is 6.19. The highest BCUT2D eigenvalue weighted by atomic mass is 16.3. The number of nitrogens with zero attached hydrogens (tertiary/aromatic N) is 3. The number of aromatic nitrogens is 2. The Hall–Kier alpha value is -2.93. The van der Waals surface area contributed by atoms with Crippen molar-refractivity contribution >= 4 is 28.4 Å². The van der Waals surface area contributed by atoms with Gasteiger partial charge in [0.2, 0.25) is 5.71 Å². The largest absolute Gasteiger partial charge is 0.442 e. The fraction of sp³-hybridized carbons (Fsp3) is 0.435. The van der Waals surface area contributed by atoms with Crippen LogP contribution in [0.3, 0.4) is 0 Å². The molecule has 7 heteroatoms. The number of pyridine rings is 2. The van der Waals surface area contributed by atoms with Gasteiger partial charge in [-0.25, -0.2) is 4.98 Å². The van der Waals surface area contributed by atoms with Crippen molar-refractivity contribution in [3.63, 3.8) is 0 Å². The van der Waals surface area contributed by atoms with E-state index >= 15 is 0 Å². The number of nitrogens with two attached hydrogens (primary N) is 1. The number of hydrogen-bond acceptors (Lipinski definition) is 6. The minimum Gasteiger partial charge on any atom is -0.442 e. The summed E-state index contributed by atoms with van der Waals surface area (Å²) >= 11 is 0. The molecule has 1 saturated carbocycles. The maximum absolute atomic E-state index is 12.9. The van der Waals surface area contributed by atoms with Gasteiger partial charge in [-0.2, -0.15) is 0 Å². The molecular formula is C23H27N5O2. The second-order valence-corrected chi connectivity index (χ2v) is 8.91. The monoisotopic (exact) mass is 405 g/mol. The van der Waals surface area contributed by atoms with E-state index in [1.165, 1.54) is 0 Å². The molecule has 1 saturated heterocycles. The van der Waals surface area contributed by atoms with Crippen LogP contribution in [-0.2, 0) is 0 Å². The molecule has 0 radical (unpaired) electrons. The fourth-order valence-corrected chi connectivity index (χ4v) is 4.51.